The summed E-state index contributed by atoms with van der Waals surface area (Å²) in [5.41, 5.74) is 5.23. The zero-order valence-corrected chi connectivity index (χ0v) is 62.5. The number of halogens is 8. The minimum atomic E-state index is 1.20. The van der Waals surface area contributed by atoms with Crippen LogP contribution in [0, 0.1) is 34.8 Å². The number of fused-ring (bicyclic) bond motifs is 14. The van der Waals surface area contributed by atoms with Crippen LogP contribution in [-0.4, -0.2) is 0 Å². The molecule has 0 fully saturated rings. The van der Waals surface area contributed by atoms with Gasteiger partial charge in [-0.2, -0.15) is 0 Å². The van der Waals surface area contributed by atoms with Crippen molar-refractivity contribution in [3.63, 3.8) is 0 Å². The van der Waals surface area contributed by atoms with Crippen LogP contribution in [-0.2, 0) is 0 Å². The molecule has 76 heavy (non-hydrogen) atoms. The quantitative estimate of drug-likeness (QED) is 0.154. The van der Waals surface area contributed by atoms with E-state index in [0.29, 0.717) is 0 Å². The summed E-state index contributed by atoms with van der Waals surface area (Å²) in [5, 5.41) is 5.31. The van der Waals surface area contributed by atoms with Gasteiger partial charge in [-0.05, 0) is 215 Å². The van der Waals surface area contributed by atoms with Crippen molar-refractivity contribution in [2.24, 2.45) is 0 Å². The fourth-order valence-corrected chi connectivity index (χ4v) is 35.8. The predicted octanol–water partition coefficient (Wildman–Crippen LogP) is 29.3. The first kappa shape index (κ1) is 53.0. The van der Waals surface area contributed by atoms with Gasteiger partial charge in [-0.1, -0.05) is 48.5 Å². The topological polar surface area (TPSA) is 0 Å². The highest BCUT2D eigenvalue weighted by Gasteiger charge is 2.29. The standard InChI is InChI=1S/C28H12Br4S6.C28H12Br2I2S6/c1-9-3-5-11-13(7-9)33-19(15(11)29)21-17(31)23-25(35-21)27-28(37-23)26-24(38-27)18(32)22(36-26)20-16(30)12-6-4-10(2)8-14(12)34-20;1-9-3-5-11-13(7-9)33-23(17(11)31)19-15(29)21-25(35-19)27-28(37-21)26-22(38-27)16(30)20(36-26)24-18(32)12-6-4-10(2)8-14(12)34-24/h2*3-8H,1-2H3. The van der Waals surface area contributed by atoms with Crippen molar-refractivity contribution < 1.29 is 0 Å². The van der Waals surface area contributed by atoms with E-state index in [1.54, 1.807) is 0 Å². The van der Waals surface area contributed by atoms with E-state index in [2.05, 4.69) is 241 Å². The Labute approximate surface area is 559 Å². The molecule has 16 aromatic rings. The summed E-state index contributed by atoms with van der Waals surface area (Å²) < 4.78 is 32.3. The summed E-state index contributed by atoms with van der Waals surface area (Å²) in [5.74, 6) is 0. The summed E-state index contributed by atoms with van der Waals surface area (Å²) in [6.45, 7) is 8.67. The molecule has 0 saturated heterocycles. The molecule has 20 heteroatoms. The molecule has 0 atom stereocenters. The van der Waals surface area contributed by atoms with E-state index in [1.807, 2.05) is 136 Å². The third-order valence-corrected chi connectivity index (χ3v) is 40.0. The first-order valence-corrected chi connectivity index (χ1v) is 39.6. The molecule has 12 heterocycles. The maximum atomic E-state index is 4.04. The van der Waals surface area contributed by atoms with E-state index in [1.165, 1.54) is 192 Å². The lowest BCUT2D eigenvalue weighted by Gasteiger charge is -1.96. The van der Waals surface area contributed by atoms with Gasteiger partial charge in [-0.15, -0.1) is 136 Å². The molecule has 16 rings (SSSR count). The number of benzene rings is 4. The van der Waals surface area contributed by atoms with Crippen molar-refractivity contribution in [3.05, 3.63) is 129 Å². The molecule has 0 bridgehead atoms. The molecule has 0 aliphatic rings. The van der Waals surface area contributed by atoms with Crippen molar-refractivity contribution in [1.29, 1.82) is 0 Å². The molecular formula is C56H24Br6I2S12. The van der Waals surface area contributed by atoms with Crippen LogP contribution in [0.1, 0.15) is 22.3 Å². The molecule has 0 spiro atoms. The Morgan fingerprint density at radius 3 is 0.776 bits per heavy atom. The molecule has 0 aliphatic heterocycles. The molecular weight excluding hydrogens is 1790 g/mol. The minimum absolute atomic E-state index is 1.20. The van der Waals surface area contributed by atoms with Crippen LogP contribution in [0.2, 0.25) is 0 Å². The zero-order valence-electron chi connectivity index (χ0n) is 38.9. The third kappa shape index (κ3) is 8.20. The number of thiophene rings is 12. The van der Waals surface area contributed by atoms with Gasteiger partial charge in [-0.25, -0.2) is 0 Å². The van der Waals surface area contributed by atoms with Gasteiger partial charge in [0.25, 0.3) is 0 Å². The first-order valence-electron chi connectivity index (χ1n) is 22.9. The lowest BCUT2D eigenvalue weighted by Crippen LogP contribution is -1.73. The maximum Gasteiger partial charge on any atom is 0.0651 e. The van der Waals surface area contributed by atoms with E-state index in [-0.39, 0.29) is 0 Å². The summed E-state index contributed by atoms with van der Waals surface area (Å²) >= 11 is 52.1. The van der Waals surface area contributed by atoms with Crippen molar-refractivity contribution in [1.82, 2.24) is 0 Å². The molecule has 0 aliphatic carbocycles. The highest BCUT2D eigenvalue weighted by atomic mass is 127. The van der Waals surface area contributed by atoms with Crippen LogP contribution in [0.15, 0.2) is 99.6 Å². The molecule has 376 valence electrons. The highest BCUT2D eigenvalue weighted by Crippen LogP contribution is 2.62. The molecule has 0 N–H and O–H groups in total. The maximum absolute atomic E-state index is 4.04. The Bertz CT molecular complexity index is 4540. The number of hydrogen-bond acceptors (Lipinski definition) is 12. The average Bonchev–Trinajstić information content (AvgIpc) is 4.31. The fraction of sp³-hybridized carbons (Fsp3) is 0.0714. The predicted molar refractivity (Wildman–Crippen MR) is 395 cm³/mol. The largest absolute Gasteiger partial charge is 0.133 e. The summed E-state index contributed by atoms with van der Waals surface area (Å²) in [7, 11) is 0. The van der Waals surface area contributed by atoms with E-state index >= 15 is 0 Å². The molecule has 0 unspecified atom stereocenters. The van der Waals surface area contributed by atoms with E-state index < -0.39 is 0 Å². The number of aryl methyl sites for hydroxylation is 4. The second-order valence-electron chi connectivity index (χ2n) is 18.3. The zero-order chi connectivity index (χ0) is 52.1. The van der Waals surface area contributed by atoms with Crippen LogP contribution in [0.5, 0.6) is 0 Å². The smallest absolute Gasteiger partial charge is 0.0651 e. The second-order valence-corrected chi connectivity index (χ2v) is 37.6. The van der Waals surface area contributed by atoms with Crippen molar-refractivity contribution >= 4 is 374 Å². The van der Waals surface area contributed by atoms with Crippen LogP contribution in [0.3, 0.4) is 0 Å². The molecule has 0 nitrogen and oxygen atoms in total. The van der Waals surface area contributed by atoms with Gasteiger partial charge in [0.2, 0.25) is 0 Å². The van der Waals surface area contributed by atoms with E-state index in [0.717, 1.165) is 0 Å². The van der Waals surface area contributed by atoms with Gasteiger partial charge < -0.3 is 0 Å². The van der Waals surface area contributed by atoms with Gasteiger partial charge in [0, 0.05) is 56.4 Å². The van der Waals surface area contributed by atoms with Crippen molar-refractivity contribution in [3.8, 4) is 39.0 Å². The minimum Gasteiger partial charge on any atom is -0.133 e. The summed E-state index contributed by atoms with van der Waals surface area (Å²) in [6, 6.07) is 27.0. The Hall–Kier alpha value is 0.220. The van der Waals surface area contributed by atoms with Crippen LogP contribution >= 0.6 is 277 Å². The van der Waals surface area contributed by atoms with E-state index in [4.69, 9.17) is 0 Å². The third-order valence-electron chi connectivity index (χ3n) is 13.3. The lowest BCUT2D eigenvalue weighted by atomic mass is 10.2. The van der Waals surface area contributed by atoms with Crippen LogP contribution in [0.4, 0.5) is 0 Å². The normalized spacial score (nSPS) is 12.5. The van der Waals surface area contributed by atoms with Gasteiger partial charge in [0.05, 0.1) is 113 Å². The summed E-state index contributed by atoms with van der Waals surface area (Å²) in [6.07, 6.45) is 0. The molecule has 0 saturated carbocycles. The van der Waals surface area contributed by atoms with Gasteiger partial charge in [0.15, 0.2) is 0 Å². The highest BCUT2D eigenvalue weighted by molar-refractivity contribution is 14.1. The number of hydrogen-bond donors (Lipinski definition) is 0. The Balaban J connectivity index is 0.000000133. The lowest BCUT2D eigenvalue weighted by molar-refractivity contribution is 1.52. The van der Waals surface area contributed by atoms with Gasteiger partial charge >= 0.3 is 0 Å². The van der Waals surface area contributed by atoms with Crippen molar-refractivity contribution in [2.75, 3.05) is 0 Å². The Morgan fingerprint density at radius 1 is 0.250 bits per heavy atom. The van der Waals surface area contributed by atoms with Gasteiger partial charge in [0.1, 0.15) is 0 Å². The fourth-order valence-electron chi connectivity index (χ4n) is 9.60. The molecule has 4 aromatic carbocycles. The van der Waals surface area contributed by atoms with E-state index in [9.17, 15) is 0 Å². The van der Waals surface area contributed by atoms with Crippen LogP contribution < -0.4 is 0 Å². The monoisotopic (exact) mass is 1810 g/mol. The number of rotatable bonds is 4. The van der Waals surface area contributed by atoms with Crippen LogP contribution in [0.25, 0.3) is 136 Å². The average molecular weight is 1810 g/mol. The Kier molecular flexibility index (Phi) is 13.9. The first-order chi connectivity index (χ1) is 36.6. The van der Waals surface area contributed by atoms with Gasteiger partial charge in [-0.3, -0.25) is 0 Å². The molecule has 0 radical (unpaired) electrons. The van der Waals surface area contributed by atoms with Crippen molar-refractivity contribution in [2.45, 2.75) is 27.7 Å². The Morgan fingerprint density at radius 2 is 0.474 bits per heavy atom. The SMILES string of the molecule is Cc1ccc2c(Br)c(-c3sc4c(sc5c6sc(-c7sc8cc(C)ccc8c7Br)c(Br)c6sc45)c3Br)sc2c1.Cc1ccc2c(I)c(-c3sc4c(sc5c6sc(-c7sc8cc(C)ccc8c7I)c(Br)c6sc45)c3Br)sc2c1. The molecule has 0 amide bonds. The summed E-state index contributed by atoms with van der Waals surface area (Å²) in [4.78, 5) is 10.8. The molecule has 12 aromatic heterocycles. The second kappa shape index (κ2) is 19.9.